The topological polar surface area (TPSA) is 82.5 Å². The Labute approximate surface area is 141 Å². The lowest BCUT2D eigenvalue weighted by Crippen LogP contribution is -2.49. The molecule has 7 nitrogen and oxygen atoms in total. The smallest absolute Gasteiger partial charge is 0.292 e. The minimum atomic E-state index is -0.372. The van der Waals surface area contributed by atoms with Crippen molar-refractivity contribution in [3.8, 4) is 0 Å². The molecular weight excluding hydrogens is 364 g/mol. The first-order chi connectivity index (χ1) is 11.1. The third kappa shape index (κ3) is 3.21. The summed E-state index contributed by atoms with van der Waals surface area (Å²) in [6.07, 6.45) is 1.72. The van der Waals surface area contributed by atoms with E-state index in [1.165, 1.54) is 6.07 Å². The Morgan fingerprint density at radius 2 is 1.91 bits per heavy atom. The maximum Gasteiger partial charge on any atom is 0.292 e. The number of hydrogen-bond acceptors (Lipinski definition) is 4. The second-order valence-corrected chi connectivity index (χ2v) is 6.17. The van der Waals surface area contributed by atoms with E-state index < -0.39 is 0 Å². The normalized spacial score (nSPS) is 14.8. The molecule has 1 aliphatic heterocycles. The molecule has 120 valence electrons. The molecule has 1 amide bonds. The number of nitrogens with zero attached hydrogens (tertiary/aromatic N) is 3. The van der Waals surface area contributed by atoms with Gasteiger partial charge in [-0.2, -0.15) is 0 Å². The number of nitro benzene ring substituents is 1. The summed E-state index contributed by atoms with van der Waals surface area (Å²) in [5.41, 5.74) is 1.24. The molecule has 1 aromatic heterocycles. The van der Waals surface area contributed by atoms with Crippen LogP contribution in [-0.2, 0) is 0 Å². The number of piperazine rings is 1. The monoisotopic (exact) mass is 378 g/mol. The minimum absolute atomic E-state index is 0.0575. The number of benzene rings is 1. The molecule has 0 atom stereocenters. The van der Waals surface area contributed by atoms with Crippen LogP contribution in [0.5, 0.6) is 0 Å². The maximum absolute atomic E-state index is 12.4. The van der Waals surface area contributed by atoms with Gasteiger partial charge >= 0.3 is 0 Å². The van der Waals surface area contributed by atoms with Crippen molar-refractivity contribution >= 4 is 33.2 Å². The zero-order valence-corrected chi connectivity index (χ0v) is 13.8. The molecule has 3 rings (SSSR count). The Bertz CT molecular complexity index is 738. The number of nitrogens with one attached hydrogen (secondary N) is 1. The van der Waals surface area contributed by atoms with Crippen LogP contribution in [0.2, 0.25) is 0 Å². The van der Waals surface area contributed by atoms with Gasteiger partial charge in [0.1, 0.15) is 11.4 Å². The summed E-state index contributed by atoms with van der Waals surface area (Å²) in [5.74, 6) is -0.0575. The number of anilines is 1. The molecule has 23 heavy (non-hydrogen) atoms. The van der Waals surface area contributed by atoms with Crippen molar-refractivity contribution in [3.63, 3.8) is 0 Å². The molecule has 1 aliphatic rings. The van der Waals surface area contributed by atoms with Crippen LogP contribution in [-0.4, -0.2) is 46.9 Å². The molecule has 0 bridgehead atoms. The highest BCUT2D eigenvalue weighted by Crippen LogP contribution is 2.28. The van der Waals surface area contributed by atoms with Crippen LogP contribution < -0.4 is 4.90 Å². The summed E-state index contributed by atoms with van der Waals surface area (Å²) in [4.78, 5) is 29.8. The lowest BCUT2D eigenvalue weighted by molar-refractivity contribution is -0.384. The molecular formula is C15H15BrN4O3. The van der Waals surface area contributed by atoms with Crippen LogP contribution in [0.1, 0.15) is 10.5 Å². The number of rotatable bonds is 3. The molecule has 0 radical (unpaired) electrons. The molecule has 0 unspecified atom stereocenters. The first-order valence-electron chi connectivity index (χ1n) is 7.18. The van der Waals surface area contributed by atoms with Crippen LogP contribution >= 0.6 is 15.9 Å². The van der Waals surface area contributed by atoms with Gasteiger partial charge in [0.15, 0.2) is 0 Å². The third-order valence-corrected chi connectivity index (χ3v) is 4.32. The van der Waals surface area contributed by atoms with Crippen LogP contribution in [0.25, 0.3) is 0 Å². The molecule has 8 heteroatoms. The number of halogens is 1. The highest BCUT2D eigenvalue weighted by molar-refractivity contribution is 9.10. The zero-order chi connectivity index (χ0) is 16.4. The number of H-pyrrole nitrogens is 1. The Hall–Kier alpha value is -2.35. The van der Waals surface area contributed by atoms with Crippen molar-refractivity contribution < 1.29 is 9.72 Å². The third-order valence-electron chi connectivity index (χ3n) is 3.86. The van der Waals surface area contributed by atoms with Gasteiger partial charge in [-0.3, -0.25) is 14.9 Å². The van der Waals surface area contributed by atoms with E-state index in [2.05, 4.69) is 20.9 Å². The van der Waals surface area contributed by atoms with Crippen LogP contribution in [0, 0.1) is 10.1 Å². The fourth-order valence-electron chi connectivity index (χ4n) is 2.70. The largest absolute Gasteiger partial charge is 0.362 e. The maximum atomic E-state index is 12.4. The Morgan fingerprint density at radius 1 is 1.22 bits per heavy atom. The van der Waals surface area contributed by atoms with Crippen LogP contribution in [0.3, 0.4) is 0 Å². The second-order valence-electron chi connectivity index (χ2n) is 5.26. The van der Waals surface area contributed by atoms with Crippen molar-refractivity contribution in [1.29, 1.82) is 0 Å². The number of amides is 1. The van der Waals surface area contributed by atoms with E-state index in [9.17, 15) is 14.9 Å². The number of aromatic nitrogens is 1. The molecule has 0 aliphatic carbocycles. The average molecular weight is 379 g/mol. The van der Waals surface area contributed by atoms with Crippen molar-refractivity contribution in [2.45, 2.75) is 0 Å². The van der Waals surface area contributed by atoms with Gasteiger partial charge < -0.3 is 14.8 Å². The molecule has 2 aromatic rings. The first-order valence-corrected chi connectivity index (χ1v) is 7.97. The predicted octanol–water partition coefficient (Wildman–Crippen LogP) is 2.65. The van der Waals surface area contributed by atoms with E-state index in [1.54, 1.807) is 35.4 Å². The van der Waals surface area contributed by atoms with Crippen molar-refractivity contribution in [2.24, 2.45) is 0 Å². The lowest BCUT2D eigenvalue weighted by Gasteiger charge is -2.35. The molecule has 1 saturated heterocycles. The quantitative estimate of drug-likeness (QED) is 0.657. The Kier molecular flexibility index (Phi) is 4.33. The van der Waals surface area contributed by atoms with Crippen LogP contribution in [0.15, 0.2) is 41.0 Å². The molecule has 0 saturated carbocycles. The number of para-hydroxylation sites is 2. The highest BCUT2D eigenvalue weighted by Gasteiger charge is 2.26. The van der Waals surface area contributed by atoms with Gasteiger partial charge in [0, 0.05) is 42.9 Å². The number of carbonyl (C=O) groups excluding carboxylic acids is 1. The molecule has 0 spiro atoms. The fourth-order valence-corrected chi connectivity index (χ4v) is 3.04. The van der Waals surface area contributed by atoms with Gasteiger partial charge in [0.2, 0.25) is 0 Å². The van der Waals surface area contributed by atoms with Gasteiger partial charge in [-0.15, -0.1) is 0 Å². The van der Waals surface area contributed by atoms with E-state index >= 15 is 0 Å². The van der Waals surface area contributed by atoms with Crippen molar-refractivity contribution in [2.75, 3.05) is 31.1 Å². The zero-order valence-electron chi connectivity index (χ0n) is 12.2. The molecule has 1 aromatic carbocycles. The SMILES string of the molecule is O=C(c1cc(Br)c[nH]1)N1CCN(c2ccccc2[N+](=O)[O-])CC1. The number of carbonyl (C=O) groups is 1. The lowest BCUT2D eigenvalue weighted by atomic mass is 10.2. The van der Waals surface area contributed by atoms with Crippen molar-refractivity contribution in [3.05, 3.63) is 56.8 Å². The average Bonchev–Trinajstić information content (AvgIpc) is 3.01. The summed E-state index contributed by atoms with van der Waals surface area (Å²) < 4.78 is 0.833. The second kappa shape index (κ2) is 6.41. The van der Waals surface area contributed by atoms with Gasteiger partial charge in [0.25, 0.3) is 11.6 Å². The van der Waals surface area contributed by atoms with E-state index in [4.69, 9.17) is 0 Å². The number of hydrogen-bond donors (Lipinski definition) is 1. The molecule has 1 N–H and O–H groups in total. The van der Waals surface area contributed by atoms with E-state index in [0.29, 0.717) is 37.6 Å². The standard InChI is InChI=1S/C15H15BrN4O3/c16-11-9-12(17-10-11)15(21)19-7-5-18(6-8-19)13-3-1-2-4-14(13)20(22)23/h1-4,9-10,17H,5-8H2. The molecule has 1 fully saturated rings. The fraction of sp³-hybridized carbons (Fsp3) is 0.267. The van der Waals surface area contributed by atoms with Gasteiger partial charge in [0.05, 0.1) is 4.92 Å². The summed E-state index contributed by atoms with van der Waals surface area (Å²) in [6, 6.07) is 8.44. The Morgan fingerprint density at radius 3 is 2.52 bits per heavy atom. The summed E-state index contributed by atoms with van der Waals surface area (Å²) in [6.45, 7) is 2.19. The van der Waals surface area contributed by atoms with Gasteiger partial charge in [-0.05, 0) is 28.1 Å². The minimum Gasteiger partial charge on any atom is -0.362 e. The number of nitro groups is 1. The Balaban J connectivity index is 1.69. The van der Waals surface area contributed by atoms with E-state index in [-0.39, 0.29) is 16.5 Å². The van der Waals surface area contributed by atoms with Gasteiger partial charge in [-0.1, -0.05) is 12.1 Å². The van der Waals surface area contributed by atoms with Crippen molar-refractivity contribution in [1.82, 2.24) is 9.88 Å². The molecule has 2 heterocycles. The highest BCUT2D eigenvalue weighted by atomic mass is 79.9. The van der Waals surface area contributed by atoms with Crippen LogP contribution in [0.4, 0.5) is 11.4 Å². The first kappa shape index (κ1) is 15.5. The number of aromatic amines is 1. The predicted molar refractivity (Wildman–Crippen MR) is 89.7 cm³/mol. The van der Waals surface area contributed by atoms with E-state index in [1.807, 2.05) is 4.90 Å². The summed E-state index contributed by atoms with van der Waals surface area (Å²) >= 11 is 3.31. The summed E-state index contributed by atoms with van der Waals surface area (Å²) in [7, 11) is 0. The van der Waals surface area contributed by atoms with Gasteiger partial charge in [-0.25, -0.2) is 0 Å². The van der Waals surface area contributed by atoms with E-state index in [0.717, 1.165) is 4.47 Å². The summed E-state index contributed by atoms with van der Waals surface area (Å²) in [5, 5.41) is 11.1.